The van der Waals surface area contributed by atoms with E-state index in [4.69, 9.17) is 0 Å². The molecule has 7 heteroatoms. The summed E-state index contributed by atoms with van der Waals surface area (Å²) in [6.07, 6.45) is 5.76. The average Bonchev–Trinajstić information content (AvgIpc) is 3.35. The van der Waals surface area contributed by atoms with Gasteiger partial charge in [0.05, 0.1) is 0 Å². The molecule has 0 radical (unpaired) electrons. The van der Waals surface area contributed by atoms with Crippen LogP contribution >= 0.6 is 35.3 Å². The van der Waals surface area contributed by atoms with E-state index in [9.17, 15) is 0 Å². The Hall–Kier alpha value is -1.87. The maximum atomic E-state index is 4.67. The standard InChI is InChI=1S/C21H27N5S.HI/c1-2-22-21(24-12-10-19-9-6-16-27-19)25-13-11-20-23-14-15-26(20)17-18-7-4-3-5-8-18;/h3-9,14-16H,2,10-13,17H2,1H3,(H2,22,24,25);1H. The molecule has 0 amide bonds. The fourth-order valence-corrected chi connectivity index (χ4v) is 3.56. The molecule has 2 heterocycles. The Morgan fingerprint density at radius 3 is 2.71 bits per heavy atom. The molecule has 0 unspecified atom stereocenters. The van der Waals surface area contributed by atoms with Crippen LogP contribution in [0.25, 0.3) is 0 Å². The van der Waals surface area contributed by atoms with E-state index >= 15 is 0 Å². The lowest BCUT2D eigenvalue weighted by atomic mass is 10.2. The minimum Gasteiger partial charge on any atom is -0.357 e. The topological polar surface area (TPSA) is 54.2 Å². The van der Waals surface area contributed by atoms with Crippen LogP contribution in [0.4, 0.5) is 0 Å². The molecule has 3 rings (SSSR count). The number of aliphatic imine (C=N–C) groups is 1. The van der Waals surface area contributed by atoms with E-state index in [-0.39, 0.29) is 24.0 Å². The molecule has 150 valence electrons. The monoisotopic (exact) mass is 509 g/mol. The number of imidazole rings is 1. The molecule has 5 nitrogen and oxygen atoms in total. The average molecular weight is 509 g/mol. The van der Waals surface area contributed by atoms with Crippen molar-refractivity contribution in [3.63, 3.8) is 0 Å². The molecule has 0 fully saturated rings. The molecule has 0 spiro atoms. The van der Waals surface area contributed by atoms with Gasteiger partial charge in [-0.25, -0.2) is 4.98 Å². The highest BCUT2D eigenvalue weighted by Crippen LogP contribution is 2.09. The minimum atomic E-state index is 0. The van der Waals surface area contributed by atoms with Crippen LogP contribution < -0.4 is 10.6 Å². The highest BCUT2D eigenvalue weighted by Gasteiger charge is 2.04. The first-order valence-corrected chi connectivity index (χ1v) is 10.3. The van der Waals surface area contributed by atoms with E-state index in [0.717, 1.165) is 50.8 Å². The Morgan fingerprint density at radius 1 is 1.11 bits per heavy atom. The van der Waals surface area contributed by atoms with Gasteiger partial charge in [0.25, 0.3) is 0 Å². The van der Waals surface area contributed by atoms with Crippen LogP contribution in [0.1, 0.15) is 23.2 Å². The Kier molecular flexibility index (Phi) is 10.1. The van der Waals surface area contributed by atoms with Crippen LogP contribution in [-0.2, 0) is 19.4 Å². The van der Waals surface area contributed by atoms with Crippen molar-refractivity contribution in [2.45, 2.75) is 26.3 Å². The summed E-state index contributed by atoms with van der Waals surface area (Å²) in [5.74, 6) is 1.95. The van der Waals surface area contributed by atoms with Gasteiger partial charge in [-0.05, 0) is 23.9 Å². The number of thiophene rings is 1. The molecule has 0 atom stereocenters. The number of hydrogen-bond acceptors (Lipinski definition) is 3. The largest absolute Gasteiger partial charge is 0.357 e. The number of nitrogens with zero attached hydrogens (tertiary/aromatic N) is 3. The molecule has 0 aliphatic rings. The summed E-state index contributed by atoms with van der Waals surface area (Å²) in [7, 11) is 0. The molecule has 1 aromatic carbocycles. The zero-order chi connectivity index (χ0) is 18.7. The third kappa shape index (κ3) is 7.27. The summed E-state index contributed by atoms with van der Waals surface area (Å²) in [5.41, 5.74) is 1.29. The third-order valence-corrected chi connectivity index (χ3v) is 5.13. The van der Waals surface area contributed by atoms with Gasteiger partial charge in [0.1, 0.15) is 5.82 Å². The fourth-order valence-electron chi connectivity index (χ4n) is 2.86. The number of guanidine groups is 1. The first-order valence-electron chi connectivity index (χ1n) is 9.43. The van der Waals surface area contributed by atoms with E-state index in [2.05, 4.69) is 73.9 Å². The molecule has 2 N–H and O–H groups in total. The van der Waals surface area contributed by atoms with Crippen molar-refractivity contribution >= 4 is 41.3 Å². The summed E-state index contributed by atoms with van der Waals surface area (Å²) in [5, 5.41) is 8.84. The molecule has 3 aromatic rings. The van der Waals surface area contributed by atoms with E-state index < -0.39 is 0 Å². The van der Waals surface area contributed by atoms with Gasteiger partial charge in [-0.1, -0.05) is 36.4 Å². The molecule has 28 heavy (non-hydrogen) atoms. The maximum absolute atomic E-state index is 4.67. The molecule has 0 saturated carbocycles. The van der Waals surface area contributed by atoms with Crippen molar-refractivity contribution in [2.24, 2.45) is 4.99 Å². The minimum absolute atomic E-state index is 0. The van der Waals surface area contributed by atoms with Crippen LogP contribution in [0.2, 0.25) is 0 Å². The van der Waals surface area contributed by atoms with Gasteiger partial charge in [-0.3, -0.25) is 4.99 Å². The maximum Gasteiger partial charge on any atom is 0.191 e. The van der Waals surface area contributed by atoms with Crippen LogP contribution in [0.5, 0.6) is 0 Å². The van der Waals surface area contributed by atoms with Crippen molar-refractivity contribution in [1.29, 1.82) is 0 Å². The number of nitrogens with one attached hydrogen (secondary N) is 2. The van der Waals surface area contributed by atoms with Crippen molar-refractivity contribution in [1.82, 2.24) is 20.2 Å². The van der Waals surface area contributed by atoms with E-state index in [1.807, 2.05) is 18.5 Å². The van der Waals surface area contributed by atoms with Crippen molar-refractivity contribution in [3.05, 3.63) is 76.5 Å². The van der Waals surface area contributed by atoms with Crippen LogP contribution in [0.15, 0.2) is 65.2 Å². The van der Waals surface area contributed by atoms with Gasteiger partial charge in [0.2, 0.25) is 0 Å². The first-order chi connectivity index (χ1) is 13.3. The number of hydrogen-bond donors (Lipinski definition) is 2. The quantitative estimate of drug-likeness (QED) is 0.261. The molecule has 2 aromatic heterocycles. The molecular formula is C21H28IN5S. The summed E-state index contributed by atoms with van der Waals surface area (Å²) in [6, 6.07) is 14.7. The lowest BCUT2D eigenvalue weighted by Crippen LogP contribution is -2.38. The number of benzene rings is 1. The SMILES string of the molecule is CCNC(=NCCc1cccs1)NCCc1nccn1Cc1ccccc1.I. The first kappa shape index (κ1) is 22.4. The zero-order valence-corrected chi connectivity index (χ0v) is 19.3. The Balaban J connectivity index is 0.00000280. The number of rotatable bonds is 9. The van der Waals surface area contributed by atoms with Crippen LogP contribution in [-0.4, -0.2) is 35.1 Å². The van der Waals surface area contributed by atoms with E-state index in [1.165, 1.54) is 10.4 Å². The van der Waals surface area contributed by atoms with E-state index in [1.54, 1.807) is 11.3 Å². The van der Waals surface area contributed by atoms with Gasteiger partial charge in [0.15, 0.2) is 5.96 Å². The smallest absolute Gasteiger partial charge is 0.191 e. The van der Waals surface area contributed by atoms with Gasteiger partial charge >= 0.3 is 0 Å². The van der Waals surface area contributed by atoms with Crippen LogP contribution in [0.3, 0.4) is 0 Å². The molecular weight excluding hydrogens is 481 g/mol. The summed E-state index contributed by atoms with van der Waals surface area (Å²) in [6.45, 7) is 5.39. The van der Waals surface area contributed by atoms with Gasteiger partial charge in [-0.2, -0.15) is 0 Å². The zero-order valence-electron chi connectivity index (χ0n) is 16.2. The normalized spacial score (nSPS) is 11.1. The van der Waals surface area contributed by atoms with Crippen molar-refractivity contribution < 1.29 is 0 Å². The van der Waals surface area contributed by atoms with Gasteiger partial charge < -0.3 is 15.2 Å². The number of halogens is 1. The van der Waals surface area contributed by atoms with E-state index in [0.29, 0.717) is 0 Å². The molecule has 0 aliphatic heterocycles. The fraction of sp³-hybridized carbons (Fsp3) is 0.333. The number of aromatic nitrogens is 2. The predicted molar refractivity (Wildman–Crippen MR) is 129 cm³/mol. The molecule has 0 aliphatic carbocycles. The predicted octanol–water partition coefficient (Wildman–Crippen LogP) is 3.95. The lowest BCUT2D eigenvalue weighted by Gasteiger charge is -2.12. The van der Waals surface area contributed by atoms with Gasteiger partial charge in [0, 0.05) is 56.3 Å². The second-order valence-electron chi connectivity index (χ2n) is 6.22. The Morgan fingerprint density at radius 2 is 1.96 bits per heavy atom. The Labute approximate surface area is 188 Å². The second kappa shape index (κ2) is 12.6. The highest BCUT2D eigenvalue weighted by atomic mass is 127. The third-order valence-electron chi connectivity index (χ3n) is 4.19. The molecule has 0 saturated heterocycles. The summed E-state index contributed by atoms with van der Waals surface area (Å²) < 4.78 is 2.21. The molecule has 0 bridgehead atoms. The summed E-state index contributed by atoms with van der Waals surface area (Å²) >= 11 is 1.79. The van der Waals surface area contributed by atoms with Crippen LogP contribution in [0, 0.1) is 0 Å². The van der Waals surface area contributed by atoms with Crippen molar-refractivity contribution in [2.75, 3.05) is 19.6 Å². The summed E-state index contributed by atoms with van der Waals surface area (Å²) in [4.78, 5) is 10.6. The lowest BCUT2D eigenvalue weighted by molar-refractivity contribution is 0.694. The van der Waals surface area contributed by atoms with Gasteiger partial charge in [-0.15, -0.1) is 35.3 Å². The van der Waals surface area contributed by atoms with Crippen molar-refractivity contribution in [3.8, 4) is 0 Å². The Bertz CT molecular complexity index is 814. The highest BCUT2D eigenvalue weighted by molar-refractivity contribution is 14.0. The second-order valence-corrected chi connectivity index (χ2v) is 7.26.